The maximum Gasteiger partial charge on any atom is 0.414 e. The summed E-state index contributed by atoms with van der Waals surface area (Å²) in [6, 6.07) is 16.5. The van der Waals surface area contributed by atoms with E-state index in [0.717, 1.165) is 12.1 Å². The second kappa shape index (κ2) is 10.8. The first-order chi connectivity index (χ1) is 13.6. The Balaban J connectivity index is 2.21. The van der Waals surface area contributed by atoms with Gasteiger partial charge in [0.15, 0.2) is 0 Å². The Morgan fingerprint density at radius 2 is 1.68 bits per heavy atom. The van der Waals surface area contributed by atoms with Crippen LogP contribution in [0.2, 0.25) is 0 Å². The molecular weight excluding hydrogens is 358 g/mol. The quantitative estimate of drug-likeness (QED) is 0.384. The fraction of sp³-hybridized carbons (Fsp3) is 0.273. The summed E-state index contributed by atoms with van der Waals surface area (Å²) in [5.74, 6) is -0.530. The Hall–Kier alpha value is -3.28. The van der Waals surface area contributed by atoms with Gasteiger partial charge in [-0.1, -0.05) is 49.4 Å². The van der Waals surface area contributed by atoms with Gasteiger partial charge >= 0.3 is 12.1 Å². The van der Waals surface area contributed by atoms with Gasteiger partial charge in [-0.3, -0.25) is 4.90 Å². The van der Waals surface area contributed by atoms with Crippen LogP contribution in [0.3, 0.4) is 0 Å². The third-order valence-corrected chi connectivity index (χ3v) is 4.04. The number of hydrogen-bond acceptors (Lipinski definition) is 5. The average Bonchev–Trinajstić information content (AvgIpc) is 2.74. The van der Waals surface area contributed by atoms with Crippen molar-refractivity contribution in [3.63, 3.8) is 0 Å². The zero-order valence-electron chi connectivity index (χ0n) is 16.4. The molecule has 6 heteroatoms. The largest absolute Gasteiger partial charge is 0.503 e. The highest BCUT2D eigenvalue weighted by molar-refractivity contribution is 6.16. The Morgan fingerprint density at radius 3 is 2.32 bits per heavy atom. The summed E-state index contributed by atoms with van der Waals surface area (Å²) < 4.78 is 15.4. The molecule has 2 rings (SSSR count). The zero-order chi connectivity index (χ0) is 20.4. The van der Waals surface area contributed by atoms with Crippen LogP contribution in [0.5, 0.6) is 0 Å². The molecule has 0 aliphatic carbocycles. The number of methoxy groups -OCH3 is 2. The van der Waals surface area contributed by atoms with E-state index in [0.29, 0.717) is 17.7 Å². The number of rotatable bonds is 8. The van der Waals surface area contributed by atoms with Crippen molar-refractivity contribution < 1.29 is 23.8 Å². The molecule has 148 valence electrons. The van der Waals surface area contributed by atoms with E-state index in [1.165, 1.54) is 20.5 Å². The minimum atomic E-state index is -0.530. The van der Waals surface area contributed by atoms with Crippen LogP contribution in [0.25, 0.3) is 5.57 Å². The highest BCUT2D eigenvalue weighted by Gasteiger charge is 2.20. The number of carbonyl (C=O) groups is 2. The first-order valence-corrected chi connectivity index (χ1v) is 9.01. The molecule has 0 heterocycles. The number of esters is 1. The molecule has 6 nitrogen and oxygen atoms in total. The van der Waals surface area contributed by atoms with Crippen molar-refractivity contribution in [1.29, 1.82) is 0 Å². The first kappa shape index (κ1) is 21.0. The molecule has 0 bridgehead atoms. The predicted molar refractivity (Wildman–Crippen MR) is 108 cm³/mol. The molecule has 0 aliphatic heterocycles. The van der Waals surface area contributed by atoms with E-state index in [1.807, 2.05) is 43.3 Å². The van der Waals surface area contributed by atoms with Gasteiger partial charge in [-0.05, 0) is 29.7 Å². The van der Waals surface area contributed by atoms with Crippen molar-refractivity contribution in [3.05, 3.63) is 72.0 Å². The fourth-order valence-corrected chi connectivity index (χ4v) is 2.73. The maximum atomic E-state index is 12.7. The van der Waals surface area contributed by atoms with Gasteiger partial charge in [0, 0.05) is 12.2 Å². The van der Waals surface area contributed by atoms with Crippen molar-refractivity contribution in [1.82, 2.24) is 0 Å². The number of nitrogens with zero attached hydrogens (tertiary/aromatic N) is 1. The molecule has 0 N–H and O–H groups in total. The summed E-state index contributed by atoms with van der Waals surface area (Å²) in [5.41, 5.74) is 2.29. The highest BCUT2D eigenvalue weighted by Crippen LogP contribution is 2.22. The van der Waals surface area contributed by atoms with Crippen LogP contribution in [-0.4, -0.2) is 32.8 Å². The van der Waals surface area contributed by atoms with E-state index in [-0.39, 0.29) is 12.2 Å². The number of benzene rings is 2. The lowest BCUT2D eigenvalue weighted by Gasteiger charge is -2.22. The highest BCUT2D eigenvalue weighted by atomic mass is 16.6. The Bertz CT molecular complexity index is 817. The molecule has 0 saturated heterocycles. The molecular formula is C22H25NO5. The fourth-order valence-electron chi connectivity index (χ4n) is 2.73. The van der Waals surface area contributed by atoms with Gasteiger partial charge in [-0.25, -0.2) is 9.59 Å². The number of amides is 1. The summed E-state index contributed by atoms with van der Waals surface area (Å²) in [5, 5.41) is 0. The number of carbonyl (C=O) groups excluding carboxylic acids is 2. The molecule has 2 aromatic rings. The summed E-state index contributed by atoms with van der Waals surface area (Å²) >= 11 is 0. The van der Waals surface area contributed by atoms with Crippen molar-refractivity contribution in [2.75, 3.05) is 25.7 Å². The van der Waals surface area contributed by atoms with E-state index in [2.05, 4.69) is 0 Å². The summed E-state index contributed by atoms with van der Waals surface area (Å²) in [6.07, 6.45) is 1.67. The first-order valence-electron chi connectivity index (χ1n) is 9.01. The molecule has 2 aromatic carbocycles. The molecule has 0 fully saturated rings. The van der Waals surface area contributed by atoms with E-state index in [4.69, 9.17) is 14.2 Å². The number of anilines is 1. The van der Waals surface area contributed by atoms with Crippen LogP contribution in [0.1, 0.15) is 24.5 Å². The second-order valence-electron chi connectivity index (χ2n) is 5.96. The molecule has 0 aliphatic rings. The van der Waals surface area contributed by atoms with E-state index >= 15 is 0 Å². The number of para-hydroxylation sites is 1. The number of ether oxygens (including phenoxy) is 3. The van der Waals surface area contributed by atoms with Crippen LogP contribution >= 0.6 is 0 Å². The zero-order valence-corrected chi connectivity index (χ0v) is 16.4. The van der Waals surface area contributed by atoms with Crippen LogP contribution < -0.4 is 4.90 Å². The molecule has 28 heavy (non-hydrogen) atoms. The van der Waals surface area contributed by atoms with Gasteiger partial charge in [-0.15, -0.1) is 0 Å². The molecule has 1 amide bonds. The van der Waals surface area contributed by atoms with Gasteiger partial charge in [0.25, 0.3) is 0 Å². The van der Waals surface area contributed by atoms with Crippen molar-refractivity contribution in [3.8, 4) is 0 Å². The van der Waals surface area contributed by atoms with Gasteiger partial charge in [0.05, 0.1) is 20.5 Å². The molecule has 0 spiro atoms. The predicted octanol–water partition coefficient (Wildman–Crippen LogP) is 4.40. The van der Waals surface area contributed by atoms with Crippen LogP contribution in [0, 0.1) is 0 Å². The molecule has 0 unspecified atom stereocenters. The third kappa shape index (κ3) is 5.36. The molecule has 0 radical (unpaired) electrons. The lowest BCUT2D eigenvalue weighted by Crippen LogP contribution is -2.32. The monoisotopic (exact) mass is 383 g/mol. The maximum absolute atomic E-state index is 12.7. The van der Waals surface area contributed by atoms with Gasteiger partial charge in [0.2, 0.25) is 0 Å². The average molecular weight is 383 g/mol. The van der Waals surface area contributed by atoms with Gasteiger partial charge in [0.1, 0.15) is 12.2 Å². The summed E-state index contributed by atoms with van der Waals surface area (Å²) in [4.78, 5) is 26.4. The van der Waals surface area contributed by atoms with Gasteiger partial charge < -0.3 is 14.2 Å². The Kier molecular flexibility index (Phi) is 8.09. The Morgan fingerprint density at radius 1 is 1.00 bits per heavy atom. The SMILES string of the molecule is CCCN(C(=O)OCc1ccccc1C(=COC)C(=O)OC)c1ccccc1. The minimum absolute atomic E-state index is 0.0140. The van der Waals surface area contributed by atoms with Gasteiger partial charge in [-0.2, -0.15) is 0 Å². The van der Waals surface area contributed by atoms with E-state index < -0.39 is 12.1 Å². The molecule has 0 saturated carbocycles. The topological polar surface area (TPSA) is 65.1 Å². The lowest BCUT2D eigenvalue weighted by molar-refractivity contribution is -0.133. The minimum Gasteiger partial charge on any atom is -0.503 e. The van der Waals surface area contributed by atoms with Crippen molar-refractivity contribution in [2.45, 2.75) is 20.0 Å². The summed E-state index contributed by atoms with van der Waals surface area (Å²) in [6.45, 7) is 2.55. The standard InChI is InChI=1S/C22H25NO5/c1-4-14-23(18-11-6-5-7-12-18)22(25)28-15-17-10-8-9-13-19(17)20(16-26-2)21(24)27-3/h5-13,16H,4,14-15H2,1-3H3. The van der Waals surface area contributed by atoms with Crippen molar-refractivity contribution >= 4 is 23.3 Å². The second-order valence-corrected chi connectivity index (χ2v) is 5.96. The third-order valence-electron chi connectivity index (χ3n) is 4.04. The molecule has 0 atom stereocenters. The van der Waals surface area contributed by atoms with Crippen molar-refractivity contribution in [2.24, 2.45) is 0 Å². The lowest BCUT2D eigenvalue weighted by atomic mass is 10.0. The number of hydrogen-bond donors (Lipinski definition) is 0. The van der Waals surface area contributed by atoms with Crippen LogP contribution in [0.4, 0.5) is 10.5 Å². The smallest absolute Gasteiger partial charge is 0.414 e. The van der Waals surface area contributed by atoms with E-state index in [9.17, 15) is 9.59 Å². The normalized spacial score (nSPS) is 10.9. The Labute approximate surface area is 165 Å². The van der Waals surface area contributed by atoms with Crippen LogP contribution in [0.15, 0.2) is 60.9 Å². The molecule has 0 aromatic heterocycles. The summed E-state index contributed by atoms with van der Waals surface area (Å²) in [7, 11) is 2.75. The van der Waals surface area contributed by atoms with Crippen LogP contribution in [-0.2, 0) is 25.6 Å². The van der Waals surface area contributed by atoms with E-state index in [1.54, 1.807) is 23.1 Å².